The summed E-state index contributed by atoms with van der Waals surface area (Å²) in [4.78, 5) is 1.84. The summed E-state index contributed by atoms with van der Waals surface area (Å²) in [7, 11) is 1.87. The van der Waals surface area contributed by atoms with E-state index in [1.54, 1.807) is 0 Å². The van der Waals surface area contributed by atoms with Gasteiger partial charge in [0.15, 0.2) is 0 Å². The van der Waals surface area contributed by atoms with Gasteiger partial charge in [0.2, 0.25) is 5.96 Å². The monoisotopic (exact) mass is 158 g/mol. The van der Waals surface area contributed by atoms with Gasteiger partial charge in [-0.3, -0.25) is 0 Å². The van der Waals surface area contributed by atoms with Crippen LogP contribution >= 0.6 is 0 Å². The van der Waals surface area contributed by atoms with Crippen LogP contribution in [-0.2, 0) is 4.74 Å². The maximum absolute atomic E-state index is 5.49. The van der Waals surface area contributed by atoms with Crippen LogP contribution in [0.5, 0.6) is 0 Å². The third-order valence-corrected chi connectivity index (χ3v) is 1.95. The predicted octanol–water partition coefficient (Wildman–Crippen LogP) is -1.10. The third kappa shape index (κ3) is 1.74. The zero-order chi connectivity index (χ0) is 8.27. The van der Waals surface area contributed by atoms with Crippen LogP contribution in [0.4, 0.5) is 0 Å². The summed E-state index contributed by atoms with van der Waals surface area (Å²) < 4.78 is 5.18. The molecule has 1 unspecified atom stereocenters. The molecular formula is C6H14N4O. The normalized spacial score (nSPS) is 25.5. The third-order valence-electron chi connectivity index (χ3n) is 1.95. The summed E-state index contributed by atoms with van der Waals surface area (Å²) in [6, 6.07) is 0.335. The van der Waals surface area contributed by atoms with Crippen LogP contribution in [0, 0.1) is 0 Å². The van der Waals surface area contributed by atoms with E-state index in [1.165, 1.54) is 0 Å². The van der Waals surface area contributed by atoms with E-state index >= 15 is 0 Å². The second-order valence-corrected chi connectivity index (χ2v) is 2.62. The second kappa shape index (κ2) is 3.43. The largest absolute Gasteiger partial charge is 0.379 e. The van der Waals surface area contributed by atoms with Gasteiger partial charge in [-0.2, -0.15) is 0 Å². The smallest absolute Gasteiger partial charge is 0.213 e. The van der Waals surface area contributed by atoms with Gasteiger partial charge in [-0.1, -0.05) is 0 Å². The summed E-state index contributed by atoms with van der Waals surface area (Å²) in [6.45, 7) is 1.51. The highest BCUT2D eigenvalue weighted by molar-refractivity contribution is 5.77. The lowest BCUT2D eigenvalue weighted by Crippen LogP contribution is -2.42. The minimum absolute atomic E-state index is 0.335. The number of likely N-dealkylation sites (N-methyl/N-ethyl adjacent to an activating group) is 1. The van der Waals surface area contributed by atoms with Crippen LogP contribution in [-0.4, -0.2) is 37.2 Å². The van der Waals surface area contributed by atoms with E-state index in [0.717, 1.165) is 13.0 Å². The van der Waals surface area contributed by atoms with Crippen LogP contribution in [0.25, 0.3) is 0 Å². The molecule has 1 heterocycles. The first-order chi connectivity index (χ1) is 5.25. The lowest BCUT2D eigenvalue weighted by Gasteiger charge is -2.22. The first kappa shape index (κ1) is 8.13. The molecule has 0 aromatic carbocycles. The summed E-state index contributed by atoms with van der Waals surface area (Å²) in [5.74, 6) is 5.38. The van der Waals surface area contributed by atoms with Crippen LogP contribution in [0.1, 0.15) is 6.42 Å². The Labute approximate surface area is 66.0 Å². The molecule has 0 bridgehead atoms. The van der Waals surface area contributed by atoms with Crippen LogP contribution < -0.4 is 11.6 Å². The Hall–Kier alpha value is -0.970. The van der Waals surface area contributed by atoms with E-state index in [9.17, 15) is 0 Å². The molecule has 1 fully saturated rings. The zero-order valence-corrected chi connectivity index (χ0v) is 6.66. The van der Waals surface area contributed by atoms with Gasteiger partial charge < -0.3 is 21.2 Å². The molecule has 0 saturated carbocycles. The molecule has 0 amide bonds. The number of nitrogens with zero attached hydrogens (tertiary/aromatic N) is 2. The Morgan fingerprint density at radius 1 is 1.73 bits per heavy atom. The van der Waals surface area contributed by atoms with Gasteiger partial charge in [-0.15, -0.1) is 5.10 Å². The van der Waals surface area contributed by atoms with Gasteiger partial charge in [-0.05, 0) is 6.42 Å². The fourth-order valence-corrected chi connectivity index (χ4v) is 1.11. The van der Waals surface area contributed by atoms with E-state index in [0.29, 0.717) is 18.6 Å². The molecule has 0 aromatic rings. The number of ether oxygens (including phenoxy) is 1. The molecule has 5 nitrogen and oxygen atoms in total. The van der Waals surface area contributed by atoms with Crippen molar-refractivity contribution in [1.29, 1.82) is 0 Å². The highest BCUT2D eigenvalue weighted by Crippen LogP contribution is 2.09. The predicted molar refractivity (Wildman–Crippen MR) is 42.8 cm³/mol. The molecule has 1 atom stereocenters. The van der Waals surface area contributed by atoms with Gasteiger partial charge >= 0.3 is 0 Å². The number of rotatable bonds is 1. The fraction of sp³-hybridized carbons (Fsp3) is 0.833. The Balaban J connectivity index is 2.45. The average Bonchev–Trinajstić information content (AvgIpc) is 2.53. The molecule has 4 N–H and O–H groups in total. The van der Waals surface area contributed by atoms with E-state index in [4.69, 9.17) is 16.3 Å². The standard InChI is InChI=1S/C6H14N4O/c1-10(6(7)9-8)5-2-3-11-4-5/h5H,2-4,8H2,1H3,(H2,7,9). The van der Waals surface area contributed by atoms with Crippen molar-refractivity contribution in [3.8, 4) is 0 Å². The number of hydrazone groups is 1. The lowest BCUT2D eigenvalue weighted by atomic mass is 10.2. The van der Waals surface area contributed by atoms with Crippen molar-refractivity contribution in [3.05, 3.63) is 0 Å². The zero-order valence-electron chi connectivity index (χ0n) is 6.66. The van der Waals surface area contributed by atoms with Crippen molar-refractivity contribution in [1.82, 2.24) is 4.90 Å². The van der Waals surface area contributed by atoms with Crippen LogP contribution in [0.3, 0.4) is 0 Å². The minimum Gasteiger partial charge on any atom is -0.379 e. The number of guanidine groups is 1. The molecule has 64 valence electrons. The maximum Gasteiger partial charge on any atom is 0.213 e. The van der Waals surface area contributed by atoms with Gasteiger partial charge in [-0.25, -0.2) is 0 Å². The van der Waals surface area contributed by atoms with Crippen LogP contribution in [0.2, 0.25) is 0 Å². The first-order valence-corrected chi connectivity index (χ1v) is 3.59. The number of hydrogen-bond donors (Lipinski definition) is 2. The van der Waals surface area contributed by atoms with E-state index in [-0.39, 0.29) is 0 Å². The molecule has 1 aliphatic heterocycles. The van der Waals surface area contributed by atoms with Crippen molar-refractivity contribution < 1.29 is 4.74 Å². The van der Waals surface area contributed by atoms with Crippen molar-refractivity contribution in [3.63, 3.8) is 0 Å². The highest BCUT2D eigenvalue weighted by Gasteiger charge is 2.21. The van der Waals surface area contributed by atoms with Gasteiger partial charge in [0, 0.05) is 13.7 Å². The molecule has 11 heavy (non-hydrogen) atoms. The highest BCUT2D eigenvalue weighted by atomic mass is 16.5. The van der Waals surface area contributed by atoms with Crippen molar-refractivity contribution in [2.24, 2.45) is 16.7 Å². The molecular weight excluding hydrogens is 144 g/mol. The second-order valence-electron chi connectivity index (χ2n) is 2.62. The SMILES string of the molecule is CN(/C(N)=N/N)C1CCOC1. The summed E-state index contributed by atoms with van der Waals surface area (Å²) in [5, 5.41) is 3.40. The number of hydrogen-bond acceptors (Lipinski definition) is 3. The lowest BCUT2D eigenvalue weighted by molar-refractivity contribution is 0.179. The Bertz CT molecular complexity index is 153. The molecule has 1 saturated heterocycles. The molecule has 0 aromatic heterocycles. The van der Waals surface area contributed by atoms with Crippen molar-refractivity contribution in [2.75, 3.05) is 20.3 Å². The molecule has 0 radical (unpaired) electrons. The Morgan fingerprint density at radius 3 is 2.91 bits per heavy atom. The summed E-state index contributed by atoms with van der Waals surface area (Å²) in [5.41, 5.74) is 5.49. The summed E-state index contributed by atoms with van der Waals surface area (Å²) >= 11 is 0. The number of nitrogens with two attached hydrogens (primary N) is 2. The Morgan fingerprint density at radius 2 is 2.45 bits per heavy atom. The van der Waals surface area contributed by atoms with Gasteiger partial charge in [0.25, 0.3) is 0 Å². The average molecular weight is 158 g/mol. The van der Waals surface area contributed by atoms with Gasteiger partial charge in [0.05, 0.1) is 12.6 Å². The molecule has 1 rings (SSSR count). The van der Waals surface area contributed by atoms with Crippen LogP contribution in [0.15, 0.2) is 5.10 Å². The summed E-state index contributed by atoms with van der Waals surface area (Å²) in [6.07, 6.45) is 0.993. The van der Waals surface area contributed by atoms with E-state index < -0.39 is 0 Å². The molecule has 5 heteroatoms. The van der Waals surface area contributed by atoms with Gasteiger partial charge in [0.1, 0.15) is 0 Å². The van der Waals surface area contributed by atoms with Crippen molar-refractivity contribution >= 4 is 5.96 Å². The molecule has 1 aliphatic rings. The quantitative estimate of drug-likeness (QED) is 0.220. The fourth-order valence-electron chi connectivity index (χ4n) is 1.11. The van der Waals surface area contributed by atoms with E-state index in [1.807, 2.05) is 11.9 Å². The Kier molecular flexibility index (Phi) is 2.53. The molecule has 0 aliphatic carbocycles. The first-order valence-electron chi connectivity index (χ1n) is 3.59. The maximum atomic E-state index is 5.49. The topological polar surface area (TPSA) is 76.9 Å². The minimum atomic E-state index is 0.335. The van der Waals surface area contributed by atoms with Crippen molar-refractivity contribution in [2.45, 2.75) is 12.5 Å². The molecule has 0 spiro atoms. The van der Waals surface area contributed by atoms with E-state index in [2.05, 4.69) is 5.10 Å².